The van der Waals surface area contributed by atoms with E-state index in [4.69, 9.17) is 4.74 Å². The van der Waals surface area contributed by atoms with Gasteiger partial charge < -0.3 is 10.1 Å². The summed E-state index contributed by atoms with van der Waals surface area (Å²) in [5.41, 5.74) is -0.527. The van der Waals surface area contributed by atoms with Gasteiger partial charge in [0, 0.05) is 6.42 Å². The summed E-state index contributed by atoms with van der Waals surface area (Å²) in [5, 5.41) is 2.58. The van der Waals surface area contributed by atoms with Crippen LogP contribution in [0.15, 0.2) is 0 Å². The van der Waals surface area contributed by atoms with E-state index < -0.39 is 17.7 Å². The van der Waals surface area contributed by atoms with E-state index in [0.717, 1.165) is 12.8 Å². The molecule has 0 aromatic rings. The second-order valence-electron chi connectivity index (χ2n) is 5.84. The molecule has 17 heavy (non-hydrogen) atoms. The topological polar surface area (TPSA) is 55.4 Å². The van der Waals surface area contributed by atoms with Crippen LogP contribution in [0.3, 0.4) is 0 Å². The number of ether oxygens (including phenoxy) is 1. The zero-order chi connectivity index (χ0) is 13.1. The summed E-state index contributed by atoms with van der Waals surface area (Å²) in [6, 6.07) is -0.453. The molecule has 1 aliphatic rings. The van der Waals surface area contributed by atoms with Crippen LogP contribution in [-0.2, 0) is 9.53 Å². The number of Topliss-reactive ketones (excluding diaryl/α,β-unsaturated/α-hetero) is 1. The Morgan fingerprint density at radius 1 is 1.35 bits per heavy atom. The first kappa shape index (κ1) is 14.0. The van der Waals surface area contributed by atoms with Gasteiger partial charge in [-0.2, -0.15) is 0 Å². The first-order chi connectivity index (χ1) is 7.78. The molecule has 4 nitrogen and oxygen atoms in total. The standard InChI is InChI=1S/C13H23NO3/c1-9(11(15)8-10-6-5-7-10)14-12(16)17-13(2,3)4/h9-10H,5-8H2,1-4H3,(H,14,16)/t9-/m0/s1. The highest BCUT2D eigenvalue weighted by Gasteiger charge is 2.25. The fourth-order valence-corrected chi connectivity index (χ4v) is 1.72. The highest BCUT2D eigenvalue weighted by molar-refractivity contribution is 5.87. The molecular weight excluding hydrogens is 218 g/mol. The third-order valence-electron chi connectivity index (χ3n) is 2.93. The van der Waals surface area contributed by atoms with Gasteiger partial charge in [-0.3, -0.25) is 4.79 Å². The maximum absolute atomic E-state index is 11.8. The molecule has 0 bridgehead atoms. The van der Waals surface area contributed by atoms with E-state index in [1.807, 2.05) is 0 Å². The van der Waals surface area contributed by atoms with Crippen LogP contribution in [-0.4, -0.2) is 23.5 Å². The van der Waals surface area contributed by atoms with Crippen molar-refractivity contribution in [1.29, 1.82) is 0 Å². The van der Waals surface area contributed by atoms with E-state index in [9.17, 15) is 9.59 Å². The highest BCUT2D eigenvalue weighted by Crippen LogP contribution is 2.29. The van der Waals surface area contributed by atoms with Crippen LogP contribution in [0.4, 0.5) is 4.79 Å². The van der Waals surface area contributed by atoms with Crippen molar-refractivity contribution in [3.05, 3.63) is 0 Å². The molecule has 0 saturated heterocycles. The Labute approximate surface area is 103 Å². The Balaban J connectivity index is 2.29. The minimum absolute atomic E-state index is 0.0977. The SMILES string of the molecule is C[C@H](NC(=O)OC(C)(C)C)C(=O)CC1CCC1. The van der Waals surface area contributed by atoms with Gasteiger partial charge in [-0.15, -0.1) is 0 Å². The fourth-order valence-electron chi connectivity index (χ4n) is 1.72. The minimum Gasteiger partial charge on any atom is -0.444 e. The smallest absolute Gasteiger partial charge is 0.408 e. The summed E-state index contributed by atoms with van der Waals surface area (Å²) in [6.45, 7) is 7.11. The molecule has 4 heteroatoms. The van der Waals surface area contributed by atoms with Crippen LogP contribution in [0, 0.1) is 5.92 Å². The van der Waals surface area contributed by atoms with Crippen molar-refractivity contribution in [3.63, 3.8) is 0 Å². The summed E-state index contributed by atoms with van der Waals surface area (Å²) >= 11 is 0. The summed E-state index contributed by atoms with van der Waals surface area (Å²) in [5.74, 6) is 0.631. The molecule has 0 heterocycles. The molecule has 1 atom stereocenters. The van der Waals surface area contributed by atoms with Crippen LogP contribution in [0.2, 0.25) is 0 Å². The molecule has 0 aromatic carbocycles. The third kappa shape index (κ3) is 5.20. The van der Waals surface area contributed by atoms with Gasteiger partial charge in [0.05, 0.1) is 6.04 Å². The van der Waals surface area contributed by atoms with E-state index in [0.29, 0.717) is 12.3 Å². The Bertz CT molecular complexity index is 290. The van der Waals surface area contributed by atoms with E-state index in [1.54, 1.807) is 27.7 Å². The second-order valence-corrected chi connectivity index (χ2v) is 5.84. The molecule has 98 valence electrons. The monoisotopic (exact) mass is 241 g/mol. The van der Waals surface area contributed by atoms with Crippen LogP contribution < -0.4 is 5.32 Å². The van der Waals surface area contributed by atoms with E-state index in [1.165, 1.54) is 6.42 Å². The highest BCUT2D eigenvalue weighted by atomic mass is 16.6. The van der Waals surface area contributed by atoms with Crippen molar-refractivity contribution in [1.82, 2.24) is 5.32 Å². The van der Waals surface area contributed by atoms with Crippen molar-refractivity contribution >= 4 is 11.9 Å². The molecule has 1 fully saturated rings. The third-order valence-corrected chi connectivity index (χ3v) is 2.93. The average molecular weight is 241 g/mol. The molecule has 1 rings (SSSR count). The van der Waals surface area contributed by atoms with E-state index in [2.05, 4.69) is 5.32 Å². The predicted molar refractivity (Wildman–Crippen MR) is 65.8 cm³/mol. The molecule has 1 saturated carbocycles. The van der Waals surface area contributed by atoms with Crippen LogP contribution in [0.1, 0.15) is 53.4 Å². The van der Waals surface area contributed by atoms with E-state index in [-0.39, 0.29) is 5.78 Å². The zero-order valence-electron chi connectivity index (χ0n) is 11.2. The molecule has 0 aromatic heterocycles. The molecule has 0 aliphatic heterocycles. The van der Waals surface area contributed by atoms with Gasteiger partial charge in [-0.1, -0.05) is 19.3 Å². The maximum atomic E-state index is 11.8. The number of nitrogens with one attached hydrogen (secondary N) is 1. The lowest BCUT2D eigenvalue weighted by molar-refractivity contribution is -0.122. The molecule has 0 spiro atoms. The number of hydrogen-bond acceptors (Lipinski definition) is 3. The van der Waals surface area contributed by atoms with Crippen LogP contribution in [0.25, 0.3) is 0 Å². The van der Waals surface area contributed by atoms with Crippen molar-refractivity contribution in [2.45, 2.75) is 65.0 Å². The Hall–Kier alpha value is -1.06. The minimum atomic E-state index is -0.527. The molecule has 1 aliphatic carbocycles. The van der Waals surface area contributed by atoms with Gasteiger partial charge >= 0.3 is 6.09 Å². The molecule has 0 unspecified atom stereocenters. The summed E-state index contributed by atoms with van der Waals surface area (Å²) in [4.78, 5) is 23.2. The number of carbonyl (C=O) groups is 2. The number of hydrogen-bond donors (Lipinski definition) is 1. The maximum Gasteiger partial charge on any atom is 0.408 e. The lowest BCUT2D eigenvalue weighted by atomic mass is 9.81. The molecule has 1 N–H and O–H groups in total. The van der Waals surface area contributed by atoms with Gasteiger partial charge in [-0.05, 0) is 33.6 Å². The number of rotatable bonds is 4. The first-order valence-electron chi connectivity index (χ1n) is 6.30. The van der Waals surface area contributed by atoms with Gasteiger partial charge in [-0.25, -0.2) is 4.79 Å². The Kier molecular flexibility index (Phi) is 4.54. The molecule has 1 amide bonds. The number of alkyl carbamates (subject to hydrolysis) is 1. The van der Waals surface area contributed by atoms with Crippen LogP contribution in [0.5, 0.6) is 0 Å². The Morgan fingerprint density at radius 2 is 1.94 bits per heavy atom. The van der Waals surface area contributed by atoms with Crippen LogP contribution >= 0.6 is 0 Å². The van der Waals surface area contributed by atoms with Gasteiger partial charge in [0.2, 0.25) is 0 Å². The quantitative estimate of drug-likeness (QED) is 0.823. The lowest BCUT2D eigenvalue weighted by Gasteiger charge is -2.26. The second kappa shape index (κ2) is 5.52. The lowest BCUT2D eigenvalue weighted by Crippen LogP contribution is -2.42. The first-order valence-corrected chi connectivity index (χ1v) is 6.30. The van der Waals surface area contributed by atoms with Crippen molar-refractivity contribution in [3.8, 4) is 0 Å². The number of carbonyl (C=O) groups excluding carboxylic acids is 2. The molecular formula is C13H23NO3. The predicted octanol–water partition coefficient (Wildman–Crippen LogP) is 2.66. The zero-order valence-corrected chi connectivity index (χ0v) is 11.2. The summed E-state index contributed by atoms with van der Waals surface area (Å²) in [7, 11) is 0. The molecule has 0 radical (unpaired) electrons. The Morgan fingerprint density at radius 3 is 2.35 bits per heavy atom. The van der Waals surface area contributed by atoms with Gasteiger partial charge in [0.1, 0.15) is 5.60 Å². The average Bonchev–Trinajstić information content (AvgIpc) is 2.07. The normalized spacial score (nSPS) is 18.1. The summed E-state index contributed by atoms with van der Waals surface area (Å²) < 4.78 is 5.10. The largest absolute Gasteiger partial charge is 0.444 e. The van der Waals surface area contributed by atoms with Crippen molar-refractivity contribution < 1.29 is 14.3 Å². The van der Waals surface area contributed by atoms with E-state index >= 15 is 0 Å². The summed E-state index contributed by atoms with van der Waals surface area (Å²) in [6.07, 6.45) is 3.57. The number of ketones is 1. The van der Waals surface area contributed by atoms with Gasteiger partial charge in [0.25, 0.3) is 0 Å². The fraction of sp³-hybridized carbons (Fsp3) is 0.846. The van der Waals surface area contributed by atoms with Crippen molar-refractivity contribution in [2.75, 3.05) is 0 Å². The van der Waals surface area contributed by atoms with Crippen molar-refractivity contribution in [2.24, 2.45) is 5.92 Å². The number of amides is 1. The van der Waals surface area contributed by atoms with Gasteiger partial charge in [0.15, 0.2) is 5.78 Å².